The minimum atomic E-state index is -0.871. The van der Waals surface area contributed by atoms with Crippen LogP contribution in [0, 0.1) is 0 Å². The first kappa shape index (κ1) is 13.6. The highest BCUT2D eigenvalue weighted by atomic mass is 32.2. The van der Waals surface area contributed by atoms with E-state index < -0.39 is 12.0 Å². The van der Waals surface area contributed by atoms with E-state index in [2.05, 4.69) is 15.5 Å². The highest BCUT2D eigenvalue weighted by molar-refractivity contribution is 7.99. The fraction of sp³-hybridized carbons (Fsp3) is 0.455. The number of aliphatic carboxylic acids is 1. The maximum atomic E-state index is 11.3. The summed E-state index contributed by atoms with van der Waals surface area (Å²) in [5.74, 6) is 0.671. The molecule has 102 valence electrons. The number of carbonyl (C=O) groups excluding carboxylic acids is 1. The number of nitrogens with zero attached hydrogens (tertiary/aromatic N) is 3. The van der Waals surface area contributed by atoms with E-state index in [9.17, 15) is 14.7 Å². The number of rotatable bonds is 3. The molecule has 0 spiro atoms. The average Bonchev–Trinajstić information content (AvgIpc) is 2.46. The average molecular weight is 282 g/mol. The van der Waals surface area contributed by atoms with E-state index >= 15 is 0 Å². The number of hydrogen-bond acceptors (Lipinski definition) is 6. The first-order chi connectivity index (χ1) is 9.13. The maximum Gasteiger partial charge on any atom is 0.327 e. The van der Waals surface area contributed by atoms with E-state index in [4.69, 9.17) is 0 Å². The highest BCUT2D eigenvalue weighted by Gasteiger charge is 2.30. The Hall–Kier alpha value is -1.83. The topological polar surface area (TPSA) is 95.4 Å². The molecular weight excluding hydrogens is 268 g/mol. The van der Waals surface area contributed by atoms with Gasteiger partial charge in [-0.05, 0) is 12.1 Å². The predicted molar refractivity (Wildman–Crippen MR) is 71.5 cm³/mol. The predicted octanol–water partition coefficient (Wildman–Crippen LogP) is -0.157. The summed E-state index contributed by atoms with van der Waals surface area (Å²) in [6, 6.07) is 2.57. The third-order valence-corrected chi connectivity index (χ3v) is 3.84. The quantitative estimate of drug-likeness (QED) is 0.795. The molecule has 2 N–H and O–H groups in total. The summed E-state index contributed by atoms with van der Waals surface area (Å²) in [7, 11) is 1.51. The molecule has 1 unspecified atom stereocenters. The third-order valence-electron chi connectivity index (χ3n) is 2.82. The van der Waals surface area contributed by atoms with Crippen LogP contribution in [-0.2, 0) is 4.79 Å². The van der Waals surface area contributed by atoms with Crippen LogP contribution in [0.25, 0.3) is 0 Å². The van der Waals surface area contributed by atoms with Crippen LogP contribution >= 0.6 is 11.8 Å². The van der Waals surface area contributed by atoms with Crippen LogP contribution in [0.3, 0.4) is 0 Å². The van der Waals surface area contributed by atoms with E-state index in [1.54, 1.807) is 28.8 Å². The smallest absolute Gasteiger partial charge is 0.327 e. The Bertz CT molecular complexity index is 479. The molecule has 1 aromatic heterocycles. The van der Waals surface area contributed by atoms with Gasteiger partial charge in [0, 0.05) is 25.1 Å². The van der Waals surface area contributed by atoms with Crippen molar-refractivity contribution in [3.8, 4) is 0 Å². The summed E-state index contributed by atoms with van der Waals surface area (Å²) in [6.07, 6.45) is 0. The second kappa shape index (κ2) is 5.87. The van der Waals surface area contributed by atoms with Gasteiger partial charge in [0.05, 0.1) is 0 Å². The fourth-order valence-electron chi connectivity index (χ4n) is 1.81. The number of nitrogens with one attached hydrogen (secondary N) is 1. The Morgan fingerprint density at radius 1 is 1.47 bits per heavy atom. The summed E-state index contributed by atoms with van der Waals surface area (Å²) in [5.41, 5.74) is 0.213. The van der Waals surface area contributed by atoms with Crippen molar-refractivity contribution in [1.82, 2.24) is 15.5 Å². The van der Waals surface area contributed by atoms with Gasteiger partial charge in [-0.2, -0.15) is 11.8 Å². The van der Waals surface area contributed by atoms with Gasteiger partial charge in [-0.25, -0.2) is 4.79 Å². The van der Waals surface area contributed by atoms with Crippen molar-refractivity contribution in [2.45, 2.75) is 6.04 Å². The normalized spacial score (nSPS) is 19.0. The molecule has 1 fully saturated rings. The largest absolute Gasteiger partial charge is 0.480 e. The number of carboxylic acids is 1. The van der Waals surface area contributed by atoms with E-state index in [0.717, 1.165) is 5.75 Å². The molecule has 1 atom stereocenters. The molecule has 0 aromatic carbocycles. The molecule has 2 rings (SSSR count). The van der Waals surface area contributed by atoms with Crippen LogP contribution in [0.15, 0.2) is 12.1 Å². The van der Waals surface area contributed by atoms with Gasteiger partial charge < -0.3 is 15.3 Å². The molecule has 2 heterocycles. The molecule has 0 bridgehead atoms. The summed E-state index contributed by atoms with van der Waals surface area (Å²) >= 11 is 1.61. The molecule has 7 nitrogen and oxygen atoms in total. The first-order valence-electron chi connectivity index (χ1n) is 5.76. The van der Waals surface area contributed by atoms with Gasteiger partial charge in [0.2, 0.25) is 0 Å². The molecule has 0 saturated carbocycles. The van der Waals surface area contributed by atoms with Crippen molar-refractivity contribution in [2.75, 3.05) is 30.0 Å². The van der Waals surface area contributed by atoms with Gasteiger partial charge in [-0.15, -0.1) is 10.2 Å². The molecule has 1 amide bonds. The number of carbonyl (C=O) groups is 2. The lowest BCUT2D eigenvalue weighted by Gasteiger charge is -2.33. The minimum Gasteiger partial charge on any atom is -0.480 e. The second-order valence-electron chi connectivity index (χ2n) is 3.98. The van der Waals surface area contributed by atoms with Gasteiger partial charge in [0.25, 0.3) is 5.91 Å². The summed E-state index contributed by atoms with van der Waals surface area (Å²) in [6.45, 7) is 0.607. The van der Waals surface area contributed by atoms with Crippen LogP contribution < -0.4 is 10.2 Å². The van der Waals surface area contributed by atoms with Gasteiger partial charge in [-0.3, -0.25) is 4.79 Å². The zero-order valence-corrected chi connectivity index (χ0v) is 11.2. The molecule has 1 aliphatic rings. The van der Waals surface area contributed by atoms with Crippen molar-refractivity contribution in [2.24, 2.45) is 0 Å². The van der Waals surface area contributed by atoms with Crippen LogP contribution in [0.2, 0.25) is 0 Å². The SMILES string of the molecule is CNC(=O)c1ccc(N2CCSCC2C(=O)O)nn1. The maximum absolute atomic E-state index is 11.3. The molecule has 1 saturated heterocycles. The third kappa shape index (κ3) is 2.95. The highest BCUT2D eigenvalue weighted by Crippen LogP contribution is 2.22. The number of aromatic nitrogens is 2. The monoisotopic (exact) mass is 282 g/mol. The van der Waals surface area contributed by atoms with Gasteiger partial charge in [0.15, 0.2) is 11.5 Å². The Kier molecular flexibility index (Phi) is 4.20. The zero-order chi connectivity index (χ0) is 13.8. The fourth-order valence-corrected chi connectivity index (χ4v) is 2.85. The van der Waals surface area contributed by atoms with Crippen molar-refractivity contribution < 1.29 is 14.7 Å². The standard InChI is InChI=1S/C11H14N4O3S/c1-12-10(16)7-2-3-9(14-13-7)15-4-5-19-6-8(15)11(17)18/h2-3,8H,4-6H2,1H3,(H,12,16)(H,17,18). The van der Waals surface area contributed by atoms with Crippen LogP contribution in [-0.4, -0.2) is 58.3 Å². The van der Waals surface area contributed by atoms with E-state index in [1.807, 2.05) is 0 Å². The first-order valence-corrected chi connectivity index (χ1v) is 6.92. The lowest BCUT2D eigenvalue weighted by atomic mass is 10.2. The number of carboxylic acid groups (broad SMARTS) is 1. The van der Waals surface area contributed by atoms with Gasteiger partial charge in [-0.1, -0.05) is 0 Å². The molecule has 1 aliphatic heterocycles. The molecule has 1 aromatic rings. The molecule has 8 heteroatoms. The number of thioether (sulfide) groups is 1. The van der Waals surface area contributed by atoms with E-state index in [0.29, 0.717) is 18.1 Å². The number of hydrogen-bond donors (Lipinski definition) is 2. The Balaban J connectivity index is 2.20. The number of amides is 1. The lowest BCUT2D eigenvalue weighted by Crippen LogP contribution is -2.48. The summed E-state index contributed by atoms with van der Waals surface area (Å²) in [5, 5.41) is 19.4. The second-order valence-corrected chi connectivity index (χ2v) is 5.13. The number of anilines is 1. The molecule has 19 heavy (non-hydrogen) atoms. The minimum absolute atomic E-state index is 0.213. The molecule has 0 radical (unpaired) electrons. The van der Waals surface area contributed by atoms with Crippen molar-refractivity contribution in [3.63, 3.8) is 0 Å². The van der Waals surface area contributed by atoms with Crippen LogP contribution in [0.4, 0.5) is 5.82 Å². The summed E-state index contributed by atoms with van der Waals surface area (Å²) in [4.78, 5) is 24.2. The van der Waals surface area contributed by atoms with Crippen molar-refractivity contribution in [3.05, 3.63) is 17.8 Å². The Morgan fingerprint density at radius 2 is 2.26 bits per heavy atom. The molecular formula is C11H14N4O3S. The van der Waals surface area contributed by atoms with Crippen molar-refractivity contribution in [1.29, 1.82) is 0 Å². The van der Waals surface area contributed by atoms with Crippen LogP contribution in [0.5, 0.6) is 0 Å². The Labute approximate surface area is 114 Å². The van der Waals surface area contributed by atoms with E-state index in [-0.39, 0.29) is 11.6 Å². The Morgan fingerprint density at radius 3 is 2.84 bits per heavy atom. The van der Waals surface area contributed by atoms with Gasteiger partial charge in [0.1, 0.15) is 6.04 Å². The van der Waals surface area contributed by atoms with E-state index in [1.165, 1.54) is 7.05 Å². The zero-order valence-electron chi connectivity index (χ0n) is 10.4. The lowest BCUT2D eigenvalue weighted by molar-refractivity contribution is -0.138. The summed E-state index contributed by atoms with van der Waals surface area (Å²) < 4.78 is 0. The van der Waals surface area contributed by atoms with Gasteiger partial charge >= 0.3 is 5.97 Å². The molecule has 0 aliphatic carbocycles. The van der Waals surface area contributed by atoms with Crippen LogP contribution in [0.1, 0.15) is 10.5 Å². The van der Waals surface area contributed by atoms with Crippen molar-refractivity contribution >= 4 is 29.5 Å².